The first-order valence-electron chi connectivity index (χ1n) is 5.68. The van der Waals surface area contributed by atoms with E-state index in [1.165, 1.54) is 25.7 Å². The van der Waals surface area contributed by atoms with Gasteiger partial charge in [0.2, 0.25) is 0 Å². The maximum Gasteiger partial charge on any atom is 0.146 e. The lowest BCUT2D eigenvalue weighted by atomic mass is 10.1. The van der Waals surface area contributed by atoms with Gasteiger partial charge in [0.1, 0.15) is 6.79 Å². The molecule has 0 aliphatic heterocycles. The highest BCUT2D eigenvalue weighted by Gasteiger charge is 1.98. The van der Waals surface area contributed by atoms with Gasteiger partial charge in [-0.3, -0.25) is 0 Å². The Morgan fingerprint density at radius 3 is 2.73 bits per heavy atom. The van der Waals surface area contributed by atoms with Crippen LogP contribution in [0.15, 0.2) is 12.2 Å². The van der Waals surface area contributed by atoms with Crippen LogP contribution in [0.2, 0.25) is 0 Å². The molecule has 3 heteroatoms. The number of alkyl halides is 1. The Morgan fingerprint density at radius 2 is 2.07 bits per heavy atom. The van der Waals surface area contributed by atoms with E-state index in [9.17, 15) is 0 Å². The zero-order valence-electron chi connectivity index (χ0n) is 9.88. The van der Waals surface area contributed by atoms with Crippen molar-refractivity contribution < 1.29 is 9.47 Å². The Morgan fingerprint density at radius 1 is 1.27 bits per heavy atom. The molecule has 0 rings (SSSR count). The summed E-state index contributed by atoms with van der Waals surface area (Å²) in [5.41, 5.74) is 0. The summed E-state index contributed by atoms with van der Waals surface area (Å²) in [6.07, 6.45) is 10.1. The third-order valence-electron chi connectivity index (χ3n) is 2.09. The minimum atomic E-state index is 0.146. The van der Waals surface area contributed by atoms with Crippen LogP contribution in [0.25, 0.3) is 0 Å². The van der Waals surface area contributed by atoms with Crippen LogP contribution in [0.5, 0.6) is 0 Å². The predicted molar refractivity (Wildman–Crippen MR) is 65.4 cm³/mol. The molecule has 0 fully saturated rings. The third-order valence-corrected chi connectivity index (χ3v) is 2.46. The van der Waals surface area contributed by atoms with E-state index >= 15 is 0 Å². The van der Waals surface area contributed by atoms with Crippen molar-refractivity contribution in [1.82, 2.24) is 0 Å². The van der Waals surface area contributed by atoms with E-state index < -0.39 is 0 Å². The molecule has 90 valence electrons. The topological polar surface area (TPSA) is 18.5 Å². The molecule has 0 bridgehead atoms. The zero-order valence-corrected chi connectivity index (χ0v) is 10.6. The van der Waals surface area contributed by atoms with Gasteiger partial charge in [0.15, 0.2) is 0 Å². The number of hydrogen-bond donors (Lipinski definition) is 0. The van der Waals surface area contributed by atoms with E-state index in [0.29, 0.717) is 13.4 Å². The fraction of sp³-hybridized carbons (Fsp3) is 0.833. The second kappa shape index (κ2) is 12.0. The SMILES string of the molecule is CCCCCC[C@@H](Cl)/C=C/COCOC. The summed E-state index contributed by atoms with van der Waals surface area (Å²) >= 11 is 6.10. The lowest BCUT2D eigenvalue weighted by Crippen LogP contribution is -1.98. The van der Waals surface area contributed by atoms with Gasteiger partial charge in [0.05, 0.1) is 12.0 Å². The molecule has 1 atom stereocenters. The second-order valence-electron chi connectivity index (χ2n) is 3.57. The first-order valence-corrected chi connectivity index (χ1v) is 6.12. The molecule has 0 heterocycles. The molecule has 15 heavy (non-hydrogen) atoms. The van der Waals surface area contributed by atoms with Crippen LogP contribution in [0, 0.1) is 0 Å². The van der Waals surface area contributed by atoms with Gasteiger partial charge >= 0.3 is 0 Å². The summed E-state index contributed by atoms with van der Waals surface area (Å²) in [6, 6.07) is 0. The van der Waals surface area contributed by atoms with Gasteiger partial charge < -0.3 is 9.47 Å². The Labute approximate surface area is 98.6 Å². The zero-order chi connectivity index (χ0) is 11.4. The summed E-state index contributed by atoms with van der Waals surface area (Å²) in [6.45, 7) is 3.13. The second-order valence-corrected chi connectivity index (χ2v) is 4.13. The molecular weight excluding hydrogens is 212 g/mol. The van der Waals surface area contributed by atoms with Crippen LogP contribution >= 0.6 is 11.6 Å². The Balaban J connectivity index is 3.26. The molecule has 0 radical (unpaired) electrons. The molecular formula is C12H23ClO2. The predicted octanol–water partition coefficient (Wildman–Crippen LogP) is 3.74. The van der Waals surface area contributed by atoms with Crippen molar-refractivity contribution in [1.29, 1.82) is 0 Å². The monoisotopic (exact) mass is 234 g/mol. The van der Waals surface area contributed by atoms with Crippen molar-refractivity contribution in [3.8, 4) is 0 Å². The first kappa shape index (κ1) is 14.9. The Bertz CT molecular complexity index is 149. The highest BCUT2D eigenvalue weighted by molar-refractivity contribution is 6.21. The average molecular weight is 235 g/mol. The normalized spacial score (nSPS) is 13.5. The minimum absolute atomic E-state index is 0.146. The summed E-state index contributed by atoms with van der Waals surface area (Å²) in [5, 5.41) is 0.146. The fourth-order valence-corrected chi connectivity index (χ4v) is 1.52. The summed E-state index contributed by atoms with van der Waals surface area (Å²) < 4.78 is 9.86. The Hall–Kier alpha value is -0.0500. The minimum Gasteiger partial charge on any atom is -0.359 e. The van der Waals surface area contributed by atoms with Gasteiger partial charge in [0.25, 0.3) is 0 Å². The summed E-state index contributed by atoms with van der Waals surface area (Å²) in [4.78, 5) is 0. The van der Waals surface area contributed by atoms with Crippen molar-refractivity contribution in [2.45, 2.75) is 44.4 Å². The van der Waals surface area contributed by atoms with Gasteiger partial charge in [0, 0.05) is 7.11 Å². The molecule has 0 saturated heterocycles. The standard InChI is InChI=1S/C12H23ClO2/c1-3-4-5-6-8-12(13)9-7-10-15-11-14-2/h7,9,12H,3-6,8,10-11H2,1-2H3/b9-7+/t12-/m1/s1. The highest BCUT2D eigenvalue weighted by atomic mass is 35.5. The first-order chi connectivity index (χ1) is 7.31. The molecule has 0 amide bonds. The quantitative estimate of drug-likeness (QED) is 0.248. The molecule has 0 N–H and O–H groups in total. The number of rotatable bonds is 10. The molecule has 0 saturated carbocycles. The van der Waals surface area contributed by atoms with E-state index in [-0.39, 0.29) is 5.38 Å². The number of halogens is 1. The highest BCUT2D eigenvalue weighted by Crippen LogP contribution is 2.11. The van der Waals surface area contributed by atoms with Gasteiger partial charge in [-0.15, -0.1) is 11.6 Å². The molecule has 0 unspecified atom stereocenters. The van der Waals surface area contributed by atoms with E-state index in [0.717, 1.165) is 6.42 Å². The van der Waals surface area contributed by atoms with Crippen molar-refractivity contribution in [2.24, 2.45) is 0 Å². The molecule has 0 aliphatic carbocycles. The molecule has 0 aromatic carbocycles. The van der Waals surface area contributed by atoms with Gasteiger partial charge in [-0.2, -0.15) is 0 Å². The maximum absolute atomic E-state index is 6.10. The summed E-state index contributed by atoms with van der Waals surface area (Å²) in [7, 11) is 1.61. The smallest absolute Gasteiger partial charge is 0.146 e. The number of unbranched alkanes of at least 4 members (excludes halogenated alkanes) is 3. The van der Waals surface area contributed by atoms with E-state index in [4.69, 9.17) is 21.1 Å². The number of allylic oxidation sites excluding steroid dienone is 1. The van der Waals surface area contributed by atoms with Gasteiger partial charge in [-0.25, -0.2) is 0 Å². The number of ether oxygens (including phenoxy) is 2. The third kappa shape index (κ3) is 11.9. The van der Waals surface area contributed by atoms with E-state index in [2.05, 4.69) is 6.92 Å². The molecule has 2 nitrogen and oxygen atoms in total. The van der Waals surface area contributed by atoms with Gasteiger partial charge in [-0.1, -0.05) is 44.8 Å². The van der Waals surface area contributed by atoms with Crippen LogP contribution in [0.4, 0.5) is 0 Å². The molecule has 0 aliphatic rings. The lowest BCUT2D eigenvalue weighted by Gasteiger charge is -2.03. The largest absolute Gasteiger partial charge is 0.359 e. The lowest BCUT2D eigenvalue weighted by molar-refractivity contribution is -0.0186. The Kier molecular flexibility index (Phi) is 12.0. The van der Waals surface area contributed by atoms with Gasteiger partial charge in [-0.05, 0) is 6.42 Å². The fourth-order valence-electron chi connectivity index (χ4n) is 1.27. The van der Waals surface area contributed by atoms with Crippen LogP contribution in [-0.2, 0) is 9.47 Å². The summed E-state index contributed by atoms with van der Waals surface area (Å²) in [5.74, 6) is 0. The van der Waals surface area contributed by atoms with Crippen molar-refractivity contribution in [3.05, 3.63) is 12.2 Å². The molecule has 0 spiro atoms. The van der Waals surface area contributed by atoms with E-state index in [1.54, 1.807) is 7.11 Å². The molecule has 0 aromatic rings. The van der Waals surface area contributed by atoms with Crippen molar-refractivity contribution in [2.75, 3.05) is 20.5 Å². The van der Waals surface area contributed by atoms with E-state index in [1.807, 2.05) is 12.2 Å². The van der Waals surface area contributed by atoms with Crippen LogP contribution < -0.4 is 0 Å². The maximum atomic E-state index is 6.10. The van der Waals surface area contributed by atoms with Crippen molar-refractivity contribution >= 4 is 11.6 Å². The molecule has 0 aromatic heterocycles. The number of methoxy groups -OCH3 is 1. The van der Waals surface area contributed by atoms with Crippen molar-refractivity contribution in [3.63, 3.8) is 0 Å². The van der Waals surface area contributed by atoms with Crippen LogP contribution in [-0.4, -0.2) is 25.9 Å². The van der Waals surface area contributed by atoms with Crippen LogP contribution in [0.3, 0.4) is 0 Å². The number of hydrogen-bond acceptors (Lipinski definition) is 2. The average Bonchev–Trinajstić information content (AvgIpc) is 2.24. The van der Waals surface area contributed by atoms with Crippen LogP contribution in [0.1, 0.15) is 39.0 Å².